The number of ketones is 1. The summed E-state index contributed by atoms with van der Waals surface area (Å²) in [5.74, 6) is -1.29. The number of ether oxygens (including phenoxy) is 1. The van der Waals surface area contributed by atoms with Gasteiger partial charge in [0.1, 0.15) is 11.6 Å². The number of benzene rings is 2. The third-order valence-electron chi connectivity index (χ3n) is 5.78. The summed E-state index contributed by atoms with van der Waals surface area (Å²) in [4.78, 5) is 30.5. The second kappa shape index (κ2) is 10.3. The zero-order valence-corrected chi connectivity index (χ0v) is 20.4. The number of hydrogen-bond acceptors (Lipinski definition) is 6. The van der Waals surface area contributed by atoms with Gasteiger partial charge in [0.25, 0.3) is 0 Å². The molecule has 1 heterocycles. The zero-order valence-electron chi connectivity index (χ0n) is 18.9. The van der Waals surface area contributed by atoms with Crippen molar-refractivity contribution in [2.24, 2.45) is 5.73 Å². The summed E-state index contributed by atoms with van der Waals surface area (Å²) < 4.78 is 5.37. The van der Waals surface area contributed by atoms with Gasteiger partial charge in [-0.1, -0.05) is 47.5 Å². The number of para-hydroxylation sites is 1. The Kier molecular flexibility index (Phi) is 7.20. The van der Waals surface area contributed by atoms with Crippen LogP contribution in [-0.2, 0) is 16.0 Å². The summed E-state index contributed by atoms with van der Waals surface area (Å²) in [6.07, 6.45) is 4.22. The smallest absolute Gasteiger partial charge is 0.339 e. The van der Waals surface area contributed by atoms with Crippen molar-refractivity contribution in [2.45, 2.75) is 26.2 Å². The van der Waals surface area contributed by atoms with Crippen LogP contribution in [0.1, 0.15) is 46.9 Å². The highest BCUT2D eigenvalue weighted by molar-refractivity contribution is 6.42. The highest BCUT2D eigenvalue weighted by Crippen LogP contribution is 2.37. The monoisotopic (exact) mass is 505 g/mol. The number of halogens is 2. The molecule has 2 N–H and O–H groups in total. The second-order valence-corrected chi connectivity index (χ2v) is 9.01. The minimum absolute atomic E-state index is 0.0809. The van der Waals surface area contributed by atoms with Crippen LogP contribution in [0.5, 0.6) is 0 Å². The first kappa shape index (κ1) is 24.5. The Hall–Kier alpha value is -3.66. The lowest BCUT2D eigenvalue weighted by Gasteiger charge is -2.22. The molecule has 176 valence electrons. The number of hydrogen-bond donors (Lipinski definition) is 1. The first-order chi connectivity index (χ1) is 16.8. The number of nitrogens with zero attached hydrogens (tertiary/aromatic N) is 2. The molecule has 0 atom stereocenters. The number of aromatic nitrogens is 1. The number of fused-ring (bicyclic) bond motifs is 2. The summed E-state index contributed by atoms with van der Waals surface area (Å²) in [6.45, 7) is 0.875. The number of carbonyl (C=O) groups is 2. The molecular weight excluding hydrogens is 485 g/mol. The van der Waals surface area contributed by atoms with Crippen LogP contribution in [0.3, 0.4) is 0 Å². The number of Topliss-reactive ketones (excluding diaryl/α,β-unsaturated/α-hetero) is 1. The Morgan fingerprint density at radius 1 is 1.17 bits per heavy atom. The maximum atomic E-state index is 13.3. The Bertz CT molecular complexity index is 1460. The SMILES string of the molecule is C/C(N)=C(/C#N)C(=O)COC(=O)c1c2c(nc3ccccc13)/C(=C/c1ccc(Cl)c(Cl)c1)CCC2. The topological polar surface area (TPSA) is 106 Å². The average Bonchev–Trinajstić information content (AvgIpc) is 2.84. The third-order valence-corrected chi connectivity index (χ3v) is 6.52. The van der Waals surface area contributed by atoms with E-state index in [1.807, 2.05) is 36.4 Å². The third kappa shape index (κ3) is 5.07. The van der Waals surface area contributed by atoms with E-state index in [9.17, 15) is 9.59 Å². The first-order valence-corrected chi connectivity index (χ1v) is 11.7. The molecule has 0 spiro atoms. The lowest BCUT2D eigenvalue weighted by atomic mass is 9.86. The predicted molar refractivity (Wildman–Crippen MR) is 137 cm³/mol. The van der Waals surface area contributed by atoms with Gasteiger partial charge in [0, 0.05) is 11.1 Å². The molecule has 4 rings (SSSR count). The molecule has 0 radical (unpaired) electrons. The van der Waals surface area contributed by atoms with Gasteiger partial charge in [0.15, 0.2) is 6.61 Å². The van der Waals surface area contributed by atoms with Crippen molar-refractivity contribution in [3.8, 4) is 6.07 Å². The van der Waals surface area contributed by atoms with E-state index in [0.29, 0.717) is 32.9 Å². The van der Waals surface area contributed by atoms with Gasteiger partial charge in [-0.3, -0.25) is 4.79 Å². The Morgan fingerprint density at radius 3 is 2.66 bits per heavy atom. The minimum Gasteiger partial charge on any atom is -0.454 e. The lowest BCUT2D eigenvalue weighted by molar-refractivity contribution is -0.118. The van der Waals surface area contributed by atoms with Crippen LogP contribution in [0.2, 0.25) is 10.0 Å². The van der Waals surface area contributed by atoms with E-state index in [-0.39, 0.29) is 11.3 Å². The summed E-state index contributed by atoms with van der Waals surface area (Å²) >= 11 is 12.2. The molecule has 8 heteroatoms. The summed E-state index contributed by atoms with van der Waals surface area (Å²) in [7, 11) is 0. The van der Waals surface area contributed by atoms with Crippen molar-refractivity contribution in [3.05, 3.63) is 86.2 Å². The van der Waals surface area contributed by atoms with Crippen LogP contribution in [0.25, 0.3) is 22.6 Å². The van der Waals surface area contributed by atoms with E-state index in [4.69, 9.17) is 43.9 Å². The van der Waals surface area contributed by atoms with Gasteiger partial charge in [-0.15, -0.1) is 0 Å². The molecule has 0 unspecified atom stereocenters. The Morgan fingerprint density at radius 2 is 1.94 bits per heavy atom. The molecule has 6 nitrogen and oxygen atoms in total. The maximum absolute atomic E-state index is 13.3. The van der Waals surface area contributed by atoms with E-state index in [1.54, 1.807) is 18.2 Å². The fraction of sp³-hybridized carbons (Fsp3) is 0.185. The maximum Gasteiger partial charge on any atom is 0.339 e. The van der Waals surface area contributed by atoms with Gasteiger partial charge in [0.2, 0.25) is 5.78 Å². The van der Waals surface area contributed by atoms with Crippen molar-refractivity contribution < 1.29 is 14.3 Å². The lowest BCUT2D eigenvalue weighted by Crippen LogP contribution is -2.20. The van der Waals surface area contributed by atoms with Gasteiger partial charge >= 0.3 is 5.97 Å². The molecule has 0 amide bonds. The highest BCUT2D eigenvalue weighted by Gasteiger charge is 2.27. The van der Waals surface area contributed by atoms with E-state index < -0.39 is 18.4 Å². The number of nitrogens with two attached hydrogens (primary N) is 1. The number of esters is 1. The van der Waals surface area contributed by atoms with Crippen molar-refractivity contribution in [1.29, 1.82) is 5.26 Å². The first-order valence-electron chi connectivity index (χ1n) is 10.9. The van der Waals surface area contributed by atoms with E-state index in [2.05, 4.69) is 0 Å². The van der Waals surface area contributed by atoms with Gasteiger partial charge in [-0.2, -0.15) is 5.26 Å². The number of allylic oxidation sites excluding steroid dienone is 2. The molecule has 0 fully saturated rings. The van der Waals surface area contributed by atoms with Crippen LogP contribution in [0, 0.1) is 11.3 Å². The van der Waals surface area contributed by atoms with Crippen LogP contribution >= 0.6 is 23.2 Å². The Balaban J connectivity index is 1.77. The van der Waals surface area contributed by atoms with Crippen molar-refractivity contribution in [3.63, 3.8) is 0 Å². The van der Waals surface area contributed by atoms with Gasteiger partial charge in [-0.05, 0) is 67.2 Å². The van der Waals surface area contributed by atoms with E-state index >= 15 is 0 Å². The summed E-state index contributed by atoms with van der Waals surface area (Å²) in [6, 6.07) is 14.5. The van der Waals surface area contributed by atoms with Crippen molar-refractivity contribution >= 4 is 57.5 Å². The van der Waals surface area contributed by atoms with Crippen LogP contribution in [-0.4, -0.2) is 23.3 Å². The normalized spacial score (nSPS) is 14.7. The van der Waals surface area contributed by atoms with Crippen molar-refractivity contribution in [2.75, 3.05) is 6.61 Å². The average molecular weight is 506 g/mol. The largest absolute Gasteiger partial charge is 0.454 e. The number of carbonyl (C=O) groups excluding carboxylic acids is 2. The van der Waals surface area contributed by atoms with Crippen LogP contribution in [0.4, 0.5) is 0 Å². The predicted octanol–water partition coefficient (Wildman–Crippen LogP) is 5.90. The van der Waals surface area contributed by atoms with Crippen molar-refractivity contribution in [1.82, 2.24) is 4.98 Å². The van der Waals surface area contributed by atoms with Crippen LogP contribution < -0.4 is 5.73 Å². The van der Waals surface area contributed by atoms with E-state index in [1.165, 1.54) is 6.92 Å². The fourth-order valence-electron chi connectivity index (χ4n) is 4.16. The quantitative estimate of drug-likeness (QED) is 0.262. The molecular formula is C27H21Cl2N3O3. The second-order valence-electron chi connectivity index (χ2n) is 8.20. The standard InChI is InChI=1S/C27H21Cl2N3O3/c1-15(31)20(13-30)24(33)14-35-27(34)25-18-6-2-3-8-23(18)32-26-17(5-4-7-19(25)26)11-16-9-10-21(28)22(29)12-16/h2-3,6,8-12H,4-5,7,14,31H2,1H3/b17-11+,20-15+. The molecule has 3 aromatic rings. The van der Waals surface area contributed by atoms with Crippen LogP contribution in [0.15, 0.2) is 53.7 Å². The number of nitriles is 1. The molecule has 1 aromatic heterocycles. The number of rotatable bonds is 5. The molecule has 0 saturated heterocycles. The molecule has 0 bridgehead atoms. The highest BCUT2D eigenvalue weighted by atomic mass is 35.5. The zero-order chi connectivity index (χ0) is 25.1. The molecule has 1 aliphatic rings. The van der Waals surface area contributed by atoms with Gasteiger partial charge in [-0.25, -0.2) is 9.78 Å². The summed E-state index contributed by atoms with van der Waals surface area (Å²) in [5, 5.41) is 10.7. The molecule has 0 saturated carbocycles. The van der Waals surface area contributed by atoms with Gasteiger partial charge < -0.3 is 10.5 Å². The minimum atomic E-state index is -0.645. The summed E-state index contributed by atoms with van der Waals surface area (Å²) in [5.41, 5.74) is 9.80. The Labute approximate surface area is 212 Å². The molecule has 0 aliphatic heterocycles. The molecule has 1 aliphatic carbocycles. The molecule has 35 heavy (non-hydrogen) atoms. The number of pyridine rings is 1. The fourth-order valence-corrected chi connectivity index (χ4v) is 4.46. The molecule has 2 aromatic carbocycles. The van der Waals surface area contributed by atoms with E-state index in [0.717, 1.165) is 35.2 Å². The van der Waals surface area contributed by atoms with Gasteiger partial charge in [0.05, 0.1) is 26.8 Å².